The molecule has 0 spiro atoms. The fraction of sp³-hybridized carbons (Fsp3) is 0.917. The van der Waals surface area contributed by atoms with Gasteiger partial charge in [0.15, 0.2) is 0 Å². The second-order valence-electron chi connectivity index (χ2n) is 4.93. The van der Waals surface area contributed by atoms with Crippen molar-refractivity contribution in [3.8, 4) is 0 Å². The number of carbonyl (C=O) groups excluding carboxylic acids is 1. The summed E-state index contributed by atoms with van der Waals surface area (Å²) in [6.45, 7) is 4.38. The van der Waals surface area contributed by atoms with Crippen molar-refractivity contribution in [1.82, 2.24) is 9.80 Å². The average molecular weight is 227 g/mol. The van der Waals surface area contributed by atoms with Gasteiger partial charge in [-0.05, 0) is 33.4 Å². The van der Waals surface area contributed by atoms with Crippen LogP contribution in [0.25, 0.3) is 0 Å². The zero-order valence-electron chi connectivity index (χ0n) is 10.8. The zero-order chi connectivity index (χ0) is 12.1. The van der Waals surface area contributed by atoms with Gasteiger partial charge in [0.05, 0.1) is 5.92 Å². The first kappa shape index (κ1) is 13.5. The Morgan fingerprint density at radius 1 is 1.56 bits per heavy atom. The molecule has 4 nitrogen and oxygen atoms in total. The van der Waals surface area contributed by atoms with Gasteiger partial charge in [-0.3, -0.25) is 4.79 Å². The summed E-state index contributed by atoms with van der Waals surface area (Å²) in [5, 5.41) is 0. The maximum absolute atomic E-state index is 12.2. The fourth-order valence-corrected chi connectivity index (χ4v) is 2.41. The molecule has 0 saturated carbocycles. The number of hydrogen-bond acceptors (Lipinski definition) is 3. The van der Waals surface area contributed by atoms with E-state index in [0.29, 0.717) is 12.6 Å². The highest BCUT2D eigenvalue weighted by molar-refractivity contribution is 5.79. The summed E-state index contributed by atoms with van der Waals surface area (Å²) < 4.78 is 0. The fourth-order valence-electron chi connectivity index (χ4n) is 2.41. The second-order valence-corrected chi connectivity index (χ2v) is 4.93. The van der Waals surface area contributed by atoms with Gasteiger partial charge in [0.1, 0.15) is 0 Å². The van der Waals surface area contributed by atoms with Crippen molar-refractivity contribution in [2.24, 2.45) is 11.7 Å². The van der Waals surface area contributed by atoms with Crippen LogP contribution < -0.4 is 5.73 Å². The van der Waals surface area contributed by atoms with Crippen molar-refractivity contribution in [2.45, 2.75) is 32.2 Å². The molecule has 0 bridgehead atoms. The van der Waals surface area contributed by atoms with E-state index in [0.717, 1.165) is 32.4 Å². The quantitative estimate of drug-likeness (QED) is 0.745. The summed E-state index contributed by atoms with van der Waals surface area (Å²) in [5.41, 5.74) is 5.64. The number of nitrogens with zero attached hydrogens (tertiary/aromatic N) is 2. The van der Waals surface area contributed by atoms with E-state index >= 15 is 0 Å². The zero-order valence-corrected chi connectivity index (χ0v) is 10.8. The lowest BCUT2D eigenvalue weighted by molar-refractivity contribution is -0.136. The third kappa shape index (κ3) is 3.19. The van der Waals surface area contributed by atoms with Gasteiger partial charge in [0, 0.05) is 25.7 Å². The second kappa shape index (κ2) is 6.21. The molecule has 0 aromatic rings. The first-order valence-corrected chi connectivity index (χ1v) is 6.25. The molecule has 1 saturated heterocycles. The van der Waals surface area contributed by atoms with Gasteiger partial charge in [-0.25, -0.2) is 0 Å². The van der Waals surface area contributed by atoms with E-state index in [-0.39, 0.29) is 11.8 Å². The number of amides is 1. The SMILES string of the molecule is CCC(CN)C(=O)N1CCCC1CN(C)C. The van der Waals surface area contributed by atoms with Gasteiger partial charge in [-0.15, -0.1) is 0 Å². The highest BCUT2D eigenvalue weighted by Crippen LogP contribution is 2.21. The summed E-state index contributed by atoms with van der Waals surface area (Å²) in [4.78, 5) is 16.4. The standard InChI is InChI=1S/C12H25N3O/c1-4-10(8-13)12(16)15-7-5-6-11(15)9-14(2)3/h10-11H,4-9,13H2,1-3H3. The van der Waals surface area contributed by atoms with Crippen LogP contribution in [0.5, 0.6) is 0 Å². The van der Waals surface area contributed by atoms with Crippen molar-refractivity contribution in [3.05, 3.63) is 0 Å². The molecule has 0 radical (unpaired) electrons. The van der Waals surface area contributed by atoms with Gasteiger partial charge in [0.25, 0.3) is 0 Å². The Balaban J connectivity index is 2.59. The molecule has 1 aliphatic heterocycles. The van der Waals surface area contributed by atoms with Crippen molar-refractivity contribution in [3.63, 3.8) is 0 Å². The molecular weight excluding hydrogens is 202 g/mol. The number of hydrogen-bond donors (Lipinski definition) is 1. The lowest BCUT2D eigenvalue weighted by atomic mass is 10.0. The minimum absolute atomic E-state index is 0.0164. The molecule has 16 heavy (non-hydrogen) atoms. The number of carbonyl (C=O) groups is 1. The van der Waals surface area contributed by atoms with Crippen LogP contribution in [0.4, 0.5) is 0 Å². The molecule has 1 fully saturated rings. The van der Waals surface area contributed by atoms with Crippen LogP contribution in [-0.4, -0.2) is 55.5 Å². The van der Waals surface area contributed by atoms with Crippen molar-refractivity contribution in [1.29, 1.82) is 0 Å². The molecule has 4 heteroatoms. The Labute approximate surface area is 98.8 Å². The summed E-state index contributed by atoms with van der Waals surface area (Å²) >= 11 is 0. The predicted octanol–water partition coefficient (Wildman–Crippen LogP) is 0.524. The van der Waals surface area contributed by atoms with Gasteiger partial charge in [0.2, 0.25) is 5.91 Å². The third-order valence-electron chi connectivity index (χ3n) is 3.36. The van der Waals surface area contributed by atoms with Crippen molar-refractivity contribution < 1.29 is 4.79 Å². The molecule has 94 valence electrons. The van der Waals surface area contributed by atoms with E-state index in [1.54, 1.807) is 0 Å². The van der Waals surface area contributed by atoms with E-state index in [9.17, 15) is 4.79 Å². The van der Waals surface area contributed by atoms with Crippen LogP contribution in [0.2, 0.25) is 0 Å². The van der Waals surface area contributed by atoms with Gasteiger partial charge >= 0.3 is 0 Å². The van der Waals surface area contributed by atoms with Gasteiger partial charge in [-0.2, -0.15) is 0 Å². The topological polar surface area (TPSA) is 49.6 Å². The van der Waals surface area contributed by atoms with Gasteiger partial charge in [-0.1, -0.05) is 6.92 Å². The van der Waals surface area contributed by atoms with Crippen LogP contribution in [0, 0.1) is 5.92 Å². The maximum Gasteiger partial charge on any atom is 0.227 e. The number of rotatable bonds is 5. The Morgan fingerprint density at radius 3 is 2.75 bits per heavy atom. The smallest absolute Gasteiger partial charge is 0.227 e. The Kier molecular flexibility index (Phi) is 5.22. The molecule has 2 unspecified atom stereocenters. The molecule has 0 aromatic carbocycles. The summed E-state index contributed by atoms with van der Waals surface area (Å²) in [6, 6.07) is 0.392. The lowest BCUT2D eigenvalue weighted by Crippen LogP contribution is -2.45. The molecule has 2 atom stereocenters. The number of likely N-dealkylation sites (tertiary alicyclic amines) is 1. The summed E-state index contributed by atoms with van der Waals surface area (Å²) in [5.74, 6) is 0.275. The highest BCUT2D eigenvalue weighted by atomic mass is 16.2. The predicted molar refractivity (Wildman–Crippen MR) is 66.1 cm³/mol. The first-order chi connectivity index (χ1) is 7.60. The monoisotopic (exact) mass is 227 g/mol. The van der Waals surface area contributed by atoms with Crippen LogP contribution in [-0.2, 0) is 4.79 Å². The van der Waals surface area contributed by atoms with Crippen LogP contribution in [0.3, 0.4) is 0 Å². The highest BCUT2D eigenvalue weighted by Gasteiger charge is 2.31. The van der Waals surface area contributed by atoms with Crippen molar-refractivity contribution >= 4 is 5.91 Å². The molecule has 1 heterocycles. The summed E-state index contributed by atoms with van der Waals surface area (Å²) in [7, 11) is 4.11. The van der Waals surface area contributed by atoms with E-state index in [1.165, 1.54) is 0 Å². The molecular formula is C12H25N3O. The minimum Gasteiger partial charge on any atom is -0.338 e. The van der Waals surface area contributed by atoms with Crippen LogP contribution in [0.1, 0.15) is 26.2 Å². The largest absolute Gasteiger partial charge is 0.338 e. The number of likely N-dealkylation sites (N-methyl/N-ethyl adjacent to an activating group) is 1. The minimum atomic E-state index is 0.0164. The van der Waals surface area contributed by atoms with E-state index < -0.39 is 0 Å². The Hall–Kier alpha value is -0.610. The van der Waals surface area contributed by atoms with Crippen LogP contribution >= 0.6 is 0 Å². The van der Waals surface area contributed by atoms with E-state index in [1.807, 2.05) is 11.8 Å². The van der Waals surface area contributed by atoms with Crippen molar-refractivity contribution in [2.75, 3.05) is 33.7 Å². The van der Waals surface area contributed by atoms with Gasteiger partial charge < -0.3 is 15.5 Å². The molecule has 2 N–H and O–H groups in total. The van der Waals surface area contributed by atoms with E-state index in [4.69, 9.17) is 5.73 Å². The molecule has 0 aromatic heterocycles. The normalized spacial score (nSPS) is 22.8. The molecule has 1 aliphatic rings. The maximum atomic E-state index is 12.2. The molecule has 1 amide bonds. The lowest BCUT2D eigenvalue weighted by Gasteiger charge is -2.29. The van der Waals surface area contributed by atoms with Crippen LogP contribution in [0.15, 0.2) is 0 Å². The average Bonchev–Trinajstić information content (AvgIpc) is 2.66. The Bertz CT molecular complexity index is 226. The number of nitrogens with two attached hydrogens (primary N) is 1. The Morgan fingerprint density at radius 2 is 2.25 bits per heavy atom. The first-order valence-electron chi connectivity index (χ1n) is 6.25. The van der Waals surface area contributed by atoms with E-state index in [2.05, 4.69) is 19.0 Å². The summed E-state index contributed by atoms with van der Waals surface area (Å²) in [6.07, 6.45) is 3.11. The molecule has 0 aliphatic carbocycles. The third-order valence-corrected chi connectivity index (χ3v) is 3.36. The molecule has 1 rings (SSSR count).